The first-order valence-corrected chi connectivity index (χ1v) is 13.0. The van der Waals surface area contributed by atoms with Gasteiger partial charge in [-0.1, -0.05) is 56.7 Å². The lowest BCUT2D eigenvalue weighted by Gasteiger charge is -2.26. The average Bonchev–Trinajstić information content (AvgIpc) is 2.79. The van der Waals surface area contributed by atoms with Gasteiger partial charge >= 0.3 is 0 Å². The van der Waals surface area contributed by atoms with E-state index < -0.39 is 10.0 Å². The van der Waals surface area contributed by atoms with E-state index in [1.165, 1.54) is 37.9 Å². The second-order valence-corrected chi connectivity index (χ2v) is 10.6. The summed E-state index contributed by atoms with van der Waals surface area (Å²) in [7, 11) is -3.62. The molecule has 1 aliphatic rings. The fourth-order valence-electron chi connectivity index (χ4n) is 3.84. The maximum atomic E-state index is 12.4. The molecule has 1 amide bonds. The smallest absolute Gasteiger partial charge is 0.240 e. The van der Waals surface area contributed by atoms with Gasteiger partial charge in [0, 0.05) is 26.1 Å². The van der Waals surface area contributed by atoms with Crippen LogP contribution in [0.1, 0.15) is 62.1 Å². The first-order chi connectivity index (χ1) is 15.3. The van der Waals surface area contributed by atoms with Gasteiger partial charge in [-0.2, -0.15) is 0 Å². The molecule has 0 bridgehead atoms. The van der Waals surface area contributed by atoms with Crippen LogP contribution in [0.15, 0.2) is 53.4 Å². The molecule has 174 valence electrons. The molecule has 2 aromatic rings. The average molecular weight is 458 g/mol. The van der Waals surface area contributed by atoms with Crippen LogP contribution >= 0.6 is 0 Å². The van der Waals surface area contributed by atoms with Crippen LogP contribution in [0.4, 0.5) is 0 Å². The summed E-state index contributed by atoms with van der Waals surface area (Å²) in [6.07, 6.45) is 3.99. The van der Waals surface area contributed by atoms with Gasteiger partial charge in [0.05, 0.1) is 4.90 Å². The van der Waals surface area contributed by atoms with Crippen LogP contribution in [-0.2, 0) is 27.9 Å². The van der Waals surface area contributed by atoms with Gasteiger partial charge in [0.15, 0.2) is 0 Å². The molecule has 0 aliphatic carbocycles. The summed E-state index contributed by atoms with van der Waals surface area (Å²) in [6, 6.07) is 15.2. The molecule has 1 fully saturated rings. The lowest BCUT2D eigenvalue weighted by molar-refractivity contribution is -0.121. The highest BCUT2D eigenvalue weighted by Gasteiger charge is 2.15. The molecule has 0 unspecified atom stereocenters. The number of benzene rings is 2. The highest BCUT2D eigenvalue weighted by molar-refractivity contribution is 7.89. The fourth-order valence-corrected chi connectivity index (χ4v) is 4.87. The fraction of sp³-hybridized carbons (Fsp3) is 0.480. The van der Waals surface area contributed by atoms with E-state index in [1.54, 1.807) is 12.1 Å². The van der Waals surface area contributed by atoms with Crippen molar-refractivity contribution >= 4 is 15.9 Å². The minimum Gasteiger partial charge on any atom is -0.352 e. The second kappa shape index (κ2) is 11.6. The van der Waals surface area contributed by atoms with E-state index in [0.717, 1.165) is 17.7 Å². The van der Waals surface area contributed by atoms with Crippen molar-refractivity contribution in [3.63, 3.8) is 0 Å². The summed E-state index contributed by atoms with van der Waals surface area (Å²) in [5, 5.41) is 2.86. The molecule has 6 nitrogen and oxygen atoms in total. The molecule has 2 aromatic carbocycles. The number of hydrogen-bond donors (Lipinski definition) is 2. The Morgan fingerprint density at radius 2 is 1.56 bits per heavy atom. The van der Waals surface area contributed by atoms with E-state index in [1.807, 2.05) is 24.3 Å². The van der Waals surface area contributed by atoms with Crippen molar-refractivity contribution in [2.45, 2.75) is 63.4 Å². The van der Waals surface area contributed by atoms with Gasteiger partial charge in [-0.15, -0.1) is 0 Å². The van der Waals surface area contributed by atoms with Gasteiger partial charge in [0.1, 0.15) is 0 Å². The quantitative estimate of drug-likeness (QED) is 0.569. The Kier molecular flexibility index (Phi) is 8.84. The van der Waals surface area contributed by atoms with Crippen LogP contribution in [0.3, 0.4) is 0 Å². The van der Waals surface area contributed by atoms with Crippen LogP contribution in [0.25, 0.3) is 0 Å². The molecular formula is C25H35N3O3S. The maximum absolute atomic E-state index is 12.4. The van der Waals surface area contributed by atoms with Gasteiger partial charge in [-0.3, -0.25) is 9.69 Å². The van der Waals surface area contributed by atoms with Crippen molar-refractivity contribution in [3.8, 4) is 0 Å². The van der Waals surface area contributed by atoms with Crippen LogP contribution < -0.4 is 10.0 Å². The van der Waals surface area contributed by atoms with Gasteiger partial charge in [-0.05, 0) is 60.7 Å². The number of piperidine rings is 1. The van der Waals surface area contributed by atoms with Gasteiger partial charge < -0.3 is 5.32 Å². The standard InChI is InChI=1S/C25H35N3O3S/c1-20(2)23-10-12-24(13-11-23)32(30,31)27-15-14-25(29)26-18-21-6-8-22(9-7-21)19-28-16-4-3-5-17-28/h6-13,20,27H,3-5,14-19H2,1-2H3,(H,26,29). The molecule has 0 spiro atoms. The third-order valence-corrected chi connectivity index (χ3v) is 7.35. The Morgan fingerprint density at radius 1 is 0.938 bits per heavy atom. The molecular weight excluding hydrogens is 422 g/mol. The summed E-state index contributed by atoms with van der Waals surface area (Å²) < 4.78 is 27.3. The Hall–Kier alpha value is -2.22. The normalized spacial score (nSPS) is 15.1. The van der Waals surface area contributed by atoms with Crippen molar-refractivity contribution in [1.82, 2.24) is 14.9 Å². The van der Waals surface area contributed by atoms with Crippen molar-refractivity contribution in [1.29, 1.82) is 0 Å². The molecule has 7 heteroatoms. The zero-order valence-corrected chi connectivity index (χ0v) is 20.0. The Balaban J connectivity index is 1.39. The highest BCUT2D eigenvalue weighted by Crippen LogP contribution is 2.17. The zero-order chi connectivity index (χ0) is 23.0. The molecule has 2 N–H and O–H groups in total. The zero-order valence-electron chi connectivity index (χ0n) is 19.1. The number of rotatable bonds is 10. The van der Waals surface area contributed by atoms with Crippen molar-refractivity contribution < 1.29 is 13.2 Å². The topological polar surface area (TPSA) is 78.5 Å². The minimum absolute atomic E-state index is 0.0644. The molecule has 1 heterocycles. The molecule has 0 aromatic heterocycles. The van der Waals surface area contributed by atoms with E-state index in [9.17, 15) is 13.2 Å². The van der Waals surface area contributed by atoms with Crippen molar-refractivity contribution in [2.75, 3.05) is 19.6 Å². The van der Waals surface area contributed by atoms with Gasteiger partial charge in [0.25, 0.3) is 0 Å². The number of hydrogen-bond acceptors (Lipinski definition) is 4. The maximum Gasteiger partial charge on any atom is 0.240 e. The summed E-state index contributed by atoms with van der Waals surface area (Å²) in [5.74, 6) is 0.162. The summed E-state index contributed by atoms with van der Waals surface area (Å²) in [6.45, 7) is 7.94. The Morgan fingerprint density at radius 3 is 2.19 bits per heavy atom. The lowest BCUT2D eigenvalue weighted by Crippen LogP contribution is -2.30. The number of amides is 1. The van der Waals surface area contributed by atoms with Crippen molar-refractivity contribution in [3.05, 3.63) is 65.2 Å². The van der Waals surface area contributed by atoms with E-state index >= 15 is 0 Å². The second-order valence-electron chi connectivity index (χ2n) is 8.80. The number of nitrogens with zero attached hydrogens (tertiary/aromatic N) is 1. The molecule has 0 radical (unpaired) electrons. The predicted octanol–water partition coefficient (Wildman–Crippen LogP) is 3.78. The molecule has 0 saturated carbocycles. The van der Waals surface area contributed by atoms with Crippen LogP contribution in [0.2, 0.25) is 0 Å². The van der Waals surface area contributed by atoms with E-state index in [2.05, 4.69) is 40.9 Å². The molecule has 1 aliphatic heterocycles. The Bertz CT molecular complexity index is 964. The lowest BCUT2D eigenvalue weighted by atomic mass is 10.0. The van der Waals surface area contributed by atoms with E-state index in [4.69, 9.17) is 0 Å². The number of nitrogens with one attached hydrogen (secondary N) is 2. The Labute approximate surface area is 192 Å². The number of likely N-dealkylation sites (tertiary alicyclic amines) is 1. The predicted molar refractivity (Wildman–Crippen MR) is 128 cm³/mol. The first kappa shape index (κ1) is 24.4. The molecule has 1 saturated heterocycles. The SMILES string of the molecule is CC(C)c1ccc(S(=O)(=O)NCCC(=O)NCc2ccc(CN3CCCCC3)cc2)cc1. The summed E-state index contributed by atoms with van der Waals surface area (Å²) >= 11 is 0. The monoisotopic (exact) mass is 457 g/mol. The molecule has 32 heavy (non-hydrogen) atoms. The third-order valence-electron chi connectivity index (χ3n) is 5.87. The summed E-state index contributed by atoms with van der Waals surface area (Å²) in [5.41, 5.74) is 3.41. The van der Waals surface area contributed by atoms with E-state index in [0.29, 0.717) is 12.5 Å². The first-order valence-electron chi connectivity index (χ1n) is 11.5. The number of sulfonamides is 1. The highest BCUT2D eigenvalue weighted by atomic mass is 32.2. The number of carbonyl (C=O) groups is 1. The van der Waals surface area contributed by atoms with Crippen LogP contribution in [-0.4, -0.2) is 38.9 Å². The van der Waals surface area contributed by atoms with Gasteiger partial charge in [0.2, 0.25) is 15.9 Å². The van der Waals surface area contributed by atoms with E-state index in [-0.39, 0.29) is 23.8 Å². The molecule has 3 rings (SSSR count). The van der Waals surface area contributed by atoms with Gasteiger partial charge in [-0.25, -0.2) is 13.1 Å². The van der Waals surface area contributed by atoms with Crippen LogP contribution in [0.5, 0.6) is 0 Å². The third kappa shape index (κ3) is 7.43. The van der Waals surface area contributed by atoms with Crippen LogP contribution in [0, 0.1) is 0 Å². The minimum atomic E-state index is -3.62. The number of carbonyl (C=O) groups excluding carboxylic acids is 1. The summed E-state index contributed by atoms with van der Waals surface area (Å²) in [4.78, 5) is 14.8. The molecule has 0 atom stereocenters. The van der Waals surface area contributed by atoms with Crippen molar-refractivity contribution in [2.24, 2.45) is 0 Å². The largest absolute Gasteiger partial charge is 0.352 e.